The Hall–Kier alpha value is -2.76. The number of hydrogen-bond acceptors (Lipinski definition) is 5. The predicted molar refractivity (Wildman–Crippen MR) is 89.7 cm³/mol. The molecule has 0 atom stereocenters. The molecule has 0 unspecified atom stereocenters. The van der Waals surface area contributed by atoms with Crippen LogP contribution in [0.15, 0.2) is 36.5 Å². The molecule has 0 aliphatic carbocycles. The normalized spacial score (nSPS) is 11.1. The van der Waals surface area contributed by atoms with Crippen LogP contribution in [0.3, 0.4) is 0 Å². The number of ether oxygens (including phenoxy) is 2. The summed E-state index contributed by atoms with van der Waals surface area (Å²) in [6, 6.07) is 9.57. The van der Waals surface area contributed by atoms with Crippen LogP contribution in [0.4, 0.5) is 5.82 Å². The Morgan fingerprint density at radius 3 is 2.87 bits per heavy atom. The molecular weight excluding hydrogens is 292 g/mol. The van der Waals surface area contributed by atoms with Gasteiger partial charge >= 0.3 is 0 Å². The molecule has 2 heterocycles. The fraction of sp³-hybridized carbons (Fsp3) is 0.294. The van der Waals surface area contributed by atoms with Gasteiger partial charge in [0.05, 0.1) is 18.1 Å². The standard InChI is InChI=1S/C17H20N4O2/c1-11(2)23-13-9-14-16(20-21-17(14)18)15(10-13)22-8-6-12-5-3-4-7-19-12/h3-5,7,9-11H,6,8H2,1-2H3,(H3,18,20,21). The highest BCUT2D eigenvalue weighted by Crippen LogP contribution is 2.33. The number of hydrogen-bond donors (Lipinski definition) is 2. The minimum absolute atomic E-state index is 0.0712. The van der Waals surface area contributed by atoms with Crippen LogP contribution in [0.2, 0.25) is 0 Å². The summed E-state index contributed by atoms with van der Waals surface area (Å²) in [5.41, 5.74) is 7.67. The summed E-state index contributed by atoms with van der Waals surface area (Å²) < 4.78 is 11.7. The number of fused-ring (bicyclic) bond motifs is 1. The van der Waals surface area contributed by atoms with E-state index in [2.05, 4.69) is 15.2 Å². The molecule has 6 heteroatoms. The fourth-order valence-electron chi connectivity index (χ4n) is 2.35. The Bertz CT molecular complexity index is 784. The third-order valence-electron chi connectivity index (χ3n) is 3.35. The molecule has 0 fully saturated rings. The largest absolute Gasteiger partial charge is 0.491 e. The number of pyridine rings is 1. The minimum atomic E-state index is 0.0712. The van der Waals surface area contributed by atoms with Crippen LogP contribution in [0.5, 0.6) is 11.5 Å². The summed E-state index contributed by atoms with van der Waals surface area (Å²) in [4.78, 5) is 4.29. The van der Waals surface area contributed by atoms with Gasteiger partial charge in [-0.25, -0.2) is 0 Å². The maximum atomic E-state index is 5.91. The molecule has 2 aromatic heterocycles. The van der Waals surface area contributed by atoms with E-state index in [9.17, 15) is 0 Å². The highest BCUT2D eigenvalue weighted by Gasteiger charge is 2.12. The molecule has 120 valence electrons. The van der Waals surface area contributed by atoms with E-state index in [0.29, 0.717) is 23.9 Å². The summed E-state index contributed by atoms with van der Waals surface area (Å²) in [5.74, 6) is 1.83. The topological polar surface area (TPSA) is 86.0 Å². The first-order valence-corrected chi connectivity index (χ1v) is 7.60. The molecule has 3 rings (SSSR count). The van der Waals surface area contributed by atoms with Crippen molar-refractivity contribution >= 4 is 16.7 Å². The molecular formula is C17H20N4O2. The number of aromatic amines is 1. The Balaban J connectivity index is 1.80. The van der Waals surface area contributed by atoms with E-state index in [1.165, 1.54) is 0 Å². The van der Waals surface area contributed by atoms with Gasteiger partial charge in [-0.05, 0) is 32.0 Å². The number of nitrogens with one attached hydrogen (secondary N) is 1. The second kappa shape index (κ2) is 6.56. The van der Waals surface area contributed by atoms with Gasteiger partial charge in [-0.1, -0.05) is 6.07 Å². The van der Waals surface area contributed by atoms with E-state index in [-0.39, 0.29) is 6.10 Å². The average molecular weight is 312 g/mol. The lowest BCUT2D eigenvalue weighted by Gasteiger charge is -2.13. The van der Waals surface area contributed by atoms with E-state index in [1.807, 2.05) is 44.2 Å². The summed E-state index contributed by atoms with van der Waals surface area (Å²) in [6.45, 7) is 4.46. The van der Waals surface area contributed by atoms with E-state index in [0.717, 1.165) is 23.0 Å². The van der Waals surface area contributed by atoms with Gasteiger partial charge in [-0.3, -0.25) is 10.1 Å². The summed E-state index contributed by atoms with van der Waals surface area (Å²) in [5, 5.41) is 7.76. The predicted octanol–water partition coefficient (Wildman–Crippen LogP) is 2.95. The van der Waals surface area contributed by atoms with Gasteiger partial charge in [0.2, 0.25) is 0 Å². The van der Waals surface area contributed by atoms with Crippen molar-refractivity contribution in [2.45, 2.75) is 26.4 Å². The third-order valence-corrected chi connectivity index (χ3v) is 3.35. The monoisotopic (exact) mass is 312 g/mol. The number of aromatic nitrogens is 3. The lowest BCUT2D eigenvalue weighted by atomic mass is 10.2. The van der Waals surface area contributed by atoms with Gasteiger partial charge in [0.25, 0.3) is 0 Å². The minimum Gasteiger partial charge on any atom is -0.491 e. The zero-order valence-corrected chi connectivity index (χ0v) is 13.2. The molecule has 1 aromatic carbocycles. The van der Waals surface area contributed by atoms with Gasteiger partial charge in [0.1, 0.15) is 17.0 Å². The van der Waals surface area contributed by atoms with Crippen molar-refractivity contribution < 1.29 is 9.47 Å². The molecule has 3 N–H and O–H groups in total. The van der Waals surface area contributed by atoms with Crippen molar-refractivity contribution in [3.63, 3.8) is 0 Å². The average Bonchev–Trinajstić information content (AvgIpc) is 2.89. The first kappa shape index (κ1) is 15.1. The van der Waals surface area contributed by atoms with Gasteiger partial charge in [0.15, 0.2) is 5.82 Å². The zero-order valence-electron chi connectivity index (χ0n) is 13.2. The molecule has 0 spiro atoms. The van der Waals surface area contributed by atoms with Crippen LogP contribution in [0, 0.1) is 0 Å². The van der Waals surface area contributed by atoms with Crippen LogP contribution in [-0.2, 0) is 6.42 Å². The Labute approximate surface area is 134 Å². The van der Waals surface area contributed by atoms with Crippen molar-refractivity contribution in [1.82, 2.24) is 15.2 Å². The second-order valence-corrected chi connectivity index (χ2v) is 5.54. The number of nitrogens with zero attached hydrogens (tertiary/aromatic N) is 2. The van der Waals surface area contributed by atoms with Crippen molar-refractivity contribution in [2.75, 3.05) is 12.3 Å². The van der Waals surface area contributed by atoms with E-state index in [4.69, 9.17) is 15.2 Å². The van der Waals surface area contributed by atoms with Gasteiger partial charge in [-0.2, -0.15) is 5.10 Å². The molecule has 3 aromatic rings. The number of benzene rings is 1. The second-order valence-electron chi connectivity index (χ2n) is 5.54. The smallest absolute Gasteiger partial charge is 0.153 e. The third kappa shape index (κ3) is 3.53. The number of anilines is 1. The quantitative estimate of drug-likeness (QED) is 0.731. The molecule has 0 aliphatic rings. The Morgan fingerprint density at radius 2 is 2.13 bits per heavy atom. The zero-order chi connectivity index (χ0) is 16.2. The molecule has 6 nitrogen and oxygen atoms in total. The maximum Gasteiger partial charge on any atom is 0.153 e. The molecule has 0 amide bonds. The summed E-state index contributed by atoms with van der Waals surface area (Å²) in [7, 11) is 0. The first-order valence-electron chi connectivity index (χ1n) is 7.60. The molecule has 0 aliphatic heterocycles. The molecule has 0 saturated heterocycles. The highest BCUT2D eigenvalue weighted by molar-refractivity contribution is 5.94. The molecule has 0 saturated carbocycles. The Kier molecular flexibility index (Phi) is 4.32. The SMILES string of the molecule is CC(C)Oc1cc(OCCc2ccccn2)c2[nH]nc(N)c2c1. The molecule has 23 heavy (non-hydrogen) atoms. The van der Waals surface area contributed by atoms with Crippen LogP contribution in [0.1, 0.15) is 19.5 Å². The van der Waals surface area contributed by atoms with Crippen molar-refractivity contribution in [1.29, 1.82) is 0 Å². The van der Waals surface area contributed by atoms with Gasteiger partial charge < -0.3 is 15.2 Å². The van der Waals surface area contributed by atoms with Gasteiger partial charge in [0, 0.05) is 24.4 Å². The number of rotatable bonds is 6. The Morgan fingerprint density at radius 1 is 1.26 bits per heavy atom. The lowest BCUT2D eigenvalue weighted by Crippen LogP contribution is -2.07. The maximum absolute atomic E-state index is 5.91. The lowest BCUT2D eigenvalue weighted by molar-refractivity contribution is 0.240. The van der Waals surface area contributed by atoms with E-state index in [1.54, 1.807) is 6.20 Å². The van der Waals surface area contributed by atoms with Crippen LogP contribution >= 0.6 is 0 Å². The van der Waals surface area contributed by atoms with Gasteiger partial charge in [-0.15, -0.1) is 0 Å². The molecule has 0 radical (unpaired) electrons. The van der Waals surface area contributed by atoms with Crippen LogP contribution in [-0.4, -0.2) is 27.9 Å². The van der Waals surface area contributed by atoms with Crippen molar-refractivity contribution in [3.8, 4) is 11.5 Å². The highest BCUT2D eigenvalue weighted by atomic mass is 16.5. The van der Waals surface area contributed by atoms with E-state index >= 15 is 0 Å². The summed E-state index contributed by atoms with van der Waals surface area (Å²) in [6.07, 6.45) is 2.57. The number of H-pyrrole nitrogens is 1. The van der Waals surface area contributed by atoms with Crippen LogP contribution < -0.4 is 15.2 Å². The fourth-order valence-corrected chi connectivity index (χ4v) is 2.35. The number of nitrogens with two attached hydrogens (primary N) is 1. The van der Waals surface area contributed by atoms with Crippen molar-refractivity contribution in [2.24, 2.45) is 0 Å². The number of nitrogen functional groups attached to an aromatic ring is 1. The van der Waals surface area contributed by atoms with E-state index < -0.39 is 0 Å². The summed E-state index contributed by atoms with van der Waals surface area (Å²) >= 11 is 0. The van der Waals surface area contributed by atoms with Crippen molar-refractivity contribution in [3.05, 3.63) is 42.2 Å². The first-order chi connectivity index (χ1) is 11.1. The molecule has 0 bridgehead atoms. The van der Waals surface area contributed by atoms with Crippen LogP contribution in [0.25, 0.3) is 10.9 Å².